The number of aliphatic hydroxyl groups excluding tert-OH is 1. The molecule has 0 atom stereocenters. The third-order valence-electron chi connectivity index (χ3n) is 1.97. The van der Waals surface area contributed by atoms with Crippen LogP contribution in [0.15, 0.2) is 0 Å². The molecule has 4 nitrogen and oxygen atoms in total. The van der Waals surface area contributed by atoms with Gasteiger partial charge in [-0.05, 0) is 18.8 Å². The molecule has 0 unspecified atom stereocenters. The second-order valence-electron chi connectivity index (χ2n) is 3.97. The van der Waals surface area contributed by atoms with Crippen molar-refractivity contribution >= 4 is 5.91 Å². The fraction of sp³-hybridized carbons (Fsp3) is 0.909. The number of ether oxygens (including phenoxy) is 1. The van der Waals surface area contributed by atoms with Crippen LogP contribution in [0.3, 0.4) is 0 Å². The van der Waals surface area contributed by atoms with E-state index in [9.17, 15) is 4.79 Å². The van der Waals surface area contributed by atoms with Crippen molar-refractivity contribution in [2.24, 2.45) is 5.92 Å². The van der Waals surface area contributed by atoms with Gasteiger partial charge >= 0.3 is 0 Å². The molecule has 0 aliphatic rings. The molecule has 15 heavy (non-hydrogen) atoms. The smallest absolute Gasteiger partial charge is 0.220 e. The Balaban J connectivity index is 3.17. The number of aliphatic hydroxyl groups is 1. The number of nitrogens with one attached hydrogen (secondary N) is 1. The molecule has 1 amide bonds. The van der Waals surface area contributed by atoms with E-state index in [1.807, 2.05) is 0 Å². The van der Waals surface area contributed by atoms with E-state index in [0.717, 1.165) is 12.8 Å². The molecular formula is C11H23NO3. The van der Waals surface area contributed by atoms with Gasteiger partial charge in [0, 0.05) is 19.6 Å². The van der Waals surface area contributed by atoms with Crippen LogP contribution in [0.25, 0.3) is 0 Å². The van der Waals surface area contributed by atoms with E-state index >= 15 is 0 Å². The first kappa shape index (κ1) is 14.4. The van der Waals surface area contributed by atoms with Crippen molar-refractivity contribution in [2.45, 2.75) is 33.1 Å². The summed E-state index contributed by atoms with van der Waals surface area (Å²) in [5.41, 5.74) is 0. The highest BCUT2D eigenvalue weighted by Crippen LogP contribution is 2.02. The maximum atomic E-state index is 11.2. The van der Waals surface area contributed by atoms with Crippen LogP contribution < -0.4 is 5.32 Å². The SMILES string of the molecule is CC(C)CCC(=O)NCCCOCCO. The summed E-state index contributed by atoms with van der Waals surface area (Å²) >= 11 is 0. The van der Waals surface area contributed by atoms with Gasteiger partial charge < -0.3 is 15.2 Å². The zero-order chi connectivity index (χ0) is 11.5. The molecule has 0 spiro atoms. The molecule has 2 N–H and O–H groups in total. The lowest BCUT2D eigenvalue weighted by Gasteiger charge is -2.06. The lowest BCUT2D eigenvalue weighted by molar-refractivity contribution is -0.121. The van der Waals surface area contributed by atoms with Gasteiger partial charge in [-0.15, -0.1) is 0 Å². The fourth-order valence-electron chi connectivity index (χ4n) is 1.08. The largest absolute Gasteiger partial charge is 0.394 e. The first-order chi connectivity index (χ1) is 7.16. The lowest BCUT2D eigenvalue weighted by Crippen LogP contribution is -2.25. The number of hydrogen-bond donors (Lipinski definition) is 2. The molecule has 4 heteroatoms. The summed E-state index contributed by atoms with van der Waals surface area (Å²) in [6, 6.07) is 0. The summed E-state index contributed by atoms with van der Waals surface area (Å²) < 4.78 is 5.06. The van der Waals surface area contributed by atoms with Crippen molar-refractivity contribution in [2.75, 3.05) is 26.4 Å². The Morgan fingerprint density at radius 2 is 2.13 bits per heavy atom. The molecule has 0 aromatic carbocycles. The highest BCUT2D eigenvalue weighted by atomic mass is 16.5. The number of carbonyl (C=O) groups is 1. The van der Waals surface area contributed by atoms with Crippen molar-refractivity contribution in [1.29, 1.82) is 0 Å². The van der Waals surface area contributed by atoms with E-state index in [0.29, 0.717) is 32.1 Å². The quantitative estimate of drug-likeness (QED) is 0.565. The van der Waals surface area contributed by atoms with E-state index in [1.54, 1.807) is 0 Å². The molecule has 0 aliphatic heterocycles. The molecule has 0 rings (SSSR count). The predicted octanol–water partition coefficient (Wildman–Crippen LogP) is 0.938. The van der Waals surface area contributed by atoms with Gasteiger partial charge in [0.2, 0.25) is 5.91 Å². The van der Waals surface area contributed by atoms with Gasteiger partial charge in [-0.3, -0.25) is 4.79 Å². The molecule has 90 valence electrons. The van der Waals surface area contributed by atoms with Gasteiger partial charge in [0.15, 0.2) is 0 Å². The van der Waals surface area contributed by atoms with E-state index < -0.39 is 0 Å². The Bertz CT molecular complexity index is 160. The maximum absolute atomic E-state index is 11.2. The average Bonchev–Trinajstić information content (AvgIpc) is 2.20. The average molecular weight is 217 g/mol. The van der Waals surface area contributed by atoms with Crippen molar-refractivity contribution in [3.63, 3.8) is 0 Å². The standard InChI is InChI=1S/C11H23NO3/c1-10(2)4-5-11(14)12-6-3-8-15-9-7-13/h10,13H,3-9H2,1-2H3,(H,12,14). The van der Waals surface area contributed by atoms with Crippen LogP contribution in [0.4, 0.5) is 0 Å². The van der Waals surface area contributed by atoms with E-state index in [1.165, 1.54) is 0 Å². The minimum atomic E-state index is 0.0563. The number of carbonyl (C=O) groups excluding carboxylic acids is 1. The molecule has 0 aliphatic carbocycles. The van der Waals surface area contributed by atoms with Crippen LogP contribution in [0.1, 0.15) is 33.1 Å². The van der Waals surface area contributed by atoms with Gasteiger partial charge in [-0.25, -0.2) is 0 Å². The Hall–Kier alpha value is -0.610. The second kappa shape index (κ2) is 9.93. The van der Waals surface area contributed by atoms with Crippen molar-refractivity contribution in [3.8, 4) is 0 Å². The van der Waals surface area contributed by atoms with Crippen molar-refractivity contribution < 1.29 is 14.6 Å². The number of hydrogen-bond acceptors (Lipinski definition) is 3. The minimum Gasteiger partial charge on any atom is -0.394 e. The zero-order valence-electron chi connectivity index (χ0n) is 9.79. The van der Waals surface area contributed by atoms with Crippen LogP contribution in [-0.4, -0.2) is 37.4 Å². The predicted molar refractivity (Wildman–Crippen MR) is 59.6 cm³/mol. The molecule has 0 saturated carbocycles. The molecule has 0 saturated heterocycles. The first-order valence-corrected chi connectivity index (χ1v) is 5.62. The van der Waals surface area contributed by atoms with E-state index in [-0.39, 0.29) is 12.5 Å². The van der Waals surface area contributed by atoms with Gasteiger partial charge in [-0.2, -0.15) is 0 Å². The highest BCUT2D eigenvalue weighted by Gasteiger charge is 2.01. The van der Waals surface area contributed by atoms with Gasteiger partial charge in [-0.1, -0.05) is 13.8 Å². The topological polar surface area (TPSA) is 58.6 Å². The summed E-state index contributed by atoms with van der Waals surface area (Å²) in [7, 11) is 0. The maximum Gasteiger partial charge on any atom is 0.220 e. The van der Waals surface area contributed by atoms with Crippen LogP contribution >= 0.6 is 0 Å². The number of amides is 1. The molecule has 0 bridgehead atoms. The van der Waals surface area contributed by atoms with Crippen LogP contribution in [0.5, 0.6) is 0 Å². The van der Waals surface area contributed by atoms with Gasteiger partial charge in [0.25, 0.3) is 0 Å². The monoisotopic (exact) mass is 217 g/mol. The lowest BCUT2D eigenvalue weighted by atomic mass is 10.1. The zero-order valence-corrected chi connectivity index (χ0v) is 9.79. The Labute approximate surface area is 92.0 Å². The van der Waals surface area contributed by atoms with Crippen LogP contribution in [-0.2, 0) is 9.53 Å². The summed E-state index contributed by atoms with van der Waals surface area (Å²) in [4.78, 5) is 11.2. The summed E-state index contributed by atoms with van der Waals surface area (Å²) in [5, 5.41) is 11.3. The molecule has 0 aromatic heterocycles. The van der Waals surface area contributed by atoms with E-state index in [4.69, 9.17) is 9.84 Å². The summed E-state index contributed by atoms with van der Waals surface area (Å²) in [5.74, 6) is 0.689. The third-order valence-corrected chi connectivity index (χ3v) is 1.97. The van der Waals surface area contributed by atoms with Crippen molar-refractivity contribution in [1.82, 2.24) is 5.32 Å². The fourth-order valence-corrected chi connectivity index (χ4v) is 1.08. The van der Waals surface area contributed by atoms with Gasteiger partial charge in [0.05, 0.1) is 13.2 Å². The molecular weight excluding hydrogens is 194 g/mol. The Morgan fingerprint density at radius 3 is 2.73 bits per heavy atom. The highest BCUT2D eigenvalue weighted by molar-refractivity contribution is 5.75. The normalized spacial score (nSPS) is 10.7. The molecule has 0 heterocycles. The third kappa shape index (κ3) is 11.3. The molecule has 0 radical (unpaired) electrons. The second-order valence-corrected chi connectivity index (χ2v) is 3.97. The van der Waals surface area contributed by atoms with E-state index in [2.05, 4.69) is 19.2 Å². The molecule has 0 fully saturated rings. The first-order valence-electron chi connectivity index (χ1n) is 5.62. The van der Waals surface area contributed by atoms with Gasteiger partial charge in [0.1, 0.15) is 0 Å². The minimum absolute atomic E-state index is 0.0563. The summed E-state index contributed by atoms with van der Waals surface area (Å²) in [6.45, 7) is 5.89. The molecule has 0 aromatic rings. The van der Waals surface area contributed by atoms with Crippen molar-refractivity contribution in [3.05, 3.63) is 0 Å². The Kier molecular flexibility index (Phi) is 9.52. The summed E-state index contributed by atoms with van der Waals surface area (Å²) in [6.07, 6.45) is 2.34. The van der Waals surface area contributed by atoms with Crippen LogP contribution in [0, 0.1) is 5.92 Å². The van der Waals surface area contributed by atoms with Crippen LogP contribution in [0.2, 0.25) is 0 Å². The Morgan fingerprint density at radius 1 is 1.40 bits per heavy atom. The number of rotatable bonds is 9.